The van der Waals surface area contributed by atoms with Gasteiger partial charge in [0.15, 0.2) is 0 Å². The van der Waals surface area contributed by atoms with Crippen molar-refractivity contribution in [3.05, 3.63) is 89.5 Å². The van der Waals surface area contributed by atoms with Gasteiger partial charge < -0.3 is 15.3 Å². The van der Waals surface area contributed by atoms with E-state index in [-0.39, 0.29) is 38.3 Å². The quantitative estimate of drug-likeness (QED) is 0.201. The fourth-order valence-corrected chi connectivity index (χ4v) is 1.95. The molecule has 0 saturated heterocycles. The molecule has 0 radical (unpaired) electrons. The number of phenols is 3. The molecule has 0 fully saturated rings. The first-order valence-corrected chi connectivity index (χ1v) is 9.51. The molecule has 0 bridgehead atoms. The van der Waals surface area contributed by atoms with Crippen molar-refractivity contribution in [2.75, 3.05) is 0 Å². The fraction of sp³-hybridized carbons (Fsp3) is 0.143. The number of halogens is 11. The Balaban J connectivity index is 0. The minimum absolute atomic E-state index is 0. The van der Waals surface area contributed by atoms with Gasteiger partial charge in [0.2, 0.25) is 0 Å². The third kappa shape index (κ3) is 16.2. The molecule has 0 unspecified atom stereocenters. The van der Waals surface area contributed by atoms with Crippen LogP contribution in [0.4, 0.5) is 39.5 Å². The van der Waals surface area contributed by atoms with Crippen molar-refractivity contribution in [3.8, 4) is 17.2 Å². The smallest absolute Gasteiger partial charge is 0.416 e. The molecule has 0 amide bonds. The zero-order chi connectivity index (χ0) is 28.2. The summed E-state index contributed by atoms with van der Waals surface area (Å²) in [6, 6.07) is 11.0. The first-order valence-electron chi connectivity index (χ1n) is 8.89. The molecule has 0 heterocycles. The van der Waals surface area contributed by atoms with Gasteiger partial charge in [-0.2, -0.15) is 43.4 Å². The summed E-state index contributed by atoms with van der Waals surface area (Å²) in [4.78, 5) is 0. The number of hydrogen-bond donors (Lipinski definition) is 3. The van der Waals surface area contributed by atoms with Crippen LogP contribution in [0.5, 0.6) is 17.2 Å². The van der Waals surface area contributed by atoms with Crippen molar-refractivity contribution >= 4 is 23.7 Å². The largest absolute Gasteiger partial charge is 0.508 e. The van der Waals surface area contributed by atoms with E-state index >= 15 is 0 Å². The molecule has 0 aliphatic carbocycles. The summed E-state index contributed by atoms with van der Waals surface area (Å²) < 4.78 is 110. The number of benzene rings is 3. The van der Waals surface area contributed by atoms with Crippen molar-refractivity contribution in [2.45, 2.75) is 18.5 Å². The molecule has 4 nitrogen and oxygen atoms in total. The predicted molar refractivity (Wildman–Crippen MR) is 112 cm³/mol. The average molecular weight is 757 g/mol. The van der Waals surface area contributed by atoms with Gasteiger partial charge in [-0.25, -0.2) is 0 Å². The third-order valence-electron chi connectivity index (χ3n) is 3.58. The Morgan fingerprint density at radius 2 is 0.568 bits per heavy atom. The van der Waals surface area contributed by atoms with Crippen molar-refractivity contribution < 1.29 is 79.7 Å². The number of aromatic hydroxyl groups is 3. The van der Waals surface area contributed by atoms with Gasteiger partial charge in [0.1, 0.15) is 17.2 Å². The molecule has 0 spiro atoms. The van der Waals surface area contributed by atoms with E-state index in [0.717, 1.165) is 72.8 Å². The van der Waals surface area contributed by atoms with E-state index in [1.807, 2.05) is 0 Å². The maximum atomic E-state index is 11.8. The van der Waals surface area contributed by atoms with E-state index in [1.165, 1.54) is 0 Å². The molecule has 0 aliphatic rings. The van der Waals surface area contributed by atoms with Crippen LogP contribution in [0.15, 0.2) is 72.8 Å². The predicted octanol–water partition coefficient (Wildman–Crippen LogP) is 8.54. The summed E-state index contributed by atoms with van der Waals surface area (Å²) >= 11 is 8.53. The van der Waals surface area contributed by atoms with Gasteiger partial charge in [0.05, 0.1) is 40.4 Å². The van der Waals surface area contributed by atoms with Crippen LogP contribution >= 0.6 is 23.7 Å². The van der Waals surface area contributed by atoms with E-state index in [9.17, 15) is 39.5 Å². The first-order chi connectivity index (χ1) is 16.4. The molecule has 0 aliphatic heterocycles. The zero-order valence-electron chi connectivity index (χ0n) is 17.7. The summed E-state index contributed by atoms with van der Waals surface area (Å²) in [5.74, 6) is -0.506. The molecule has 3 rings (SSSR count). The molecule has 3 aromatic carbocycles. The van der Waals surface area contributed by atoms with Crippen LogP contribution in [-0.2, 0) is 43.4 Å². The van der Waals surface area contributed by atoms with Crippen molar-refractivity contribution in [1.29, 1.82) is 0 Å². The van der Waals surface area contributed by atoms with Gasteiger partial charge in [-0.3, -0.25) is 0 Å². The van der Waals surface area contributed by atoms with Crippen LogP contribution < -0.4 is 0 Å². The van der Waals surface area contributed by atoms with Crippen molar-refractivity contribution in [1.82, 2.24) is 0 Å². The van der Waals surface area contributed by atoms with Crippen LogP contribution in [0.2, 0.25) is 0 Å². The second kappa shape index (κ2) is 16.5. The third-order valence-corrected chi connectivity index (χ3v) is 3.58. The van der Waals surface area contributed by atoms with Crippen molar-refractivity contribution in [2.24, 2.45) is 0 Å². The molecular weight excluding hydrogens is 742 g/mol. The van der Waals surface area contributed by atoms with Crippen LogP contribution in [0, 0.1) is 0 Å². The SMILES string of the molecule is ClOCl.Oc1ccc(C(F)(F)F)cc1.Oc1ccc(C(F)(F)F)cc1.Oc1ccc(C(F)(F)F)cc1.[W]. The van der Waals surface area contributed by atoms with Gasteiger partial charge in [-0.15, -0.1) is 0 Å². The van der Waals surface area contributed by atoms with Crippen molar-refractivity contribution in [3.63, 3.8) is 0 Å². The van der Waals surface area contributed by atoms with E-state index in [4.69, 9.17) is 15.3 Å². The van der Waals surface area contributed by atoms with Crippen LogP contribution in [-0.4, -0.2) is 15.3 Å². The Morgan fingerprint density at radius 1 is 0.432 bits per heavy atom. The molecular formula is C21H15Cl2F9O4W. The Labute approximate surface area is 228 Å². The summed E-state index contributed by atoms with van der Waals surface area (Å²) in [6.07, 6.45) is -13.0. The monoisotopic (exact) mass is 756 g/mol. The normalized spacial score (nSPS) is 10.8. The fourth-order valence-electron chi connectivity index (χ4n) is 1.95. The molecule has 206 valence electrons. The van der Waals surface area contributed by atoms with Crippen LogP contribution in [0.1, 0.15) is 16.7 Å². The summed E-state index contributed by atoms with van der Waals surface area (Å²) in [5, 5.41) is 26.0. The van der Waals surface area contributed by atoms with Gasteiger partial charge in [0, 0.05) is 21.1 Å². The average Bonchev–Trinajstić information content (AvgIpc) is 2.74. The number of phenolic OH excluding ortho intramolecular Hbond substituents is 3. The Morgan fingerprint density at radius 3 is 0.676 bits per heavy atom. The minimum atomic E-state index is -4.33. The van der Waals surface area contributed by atoms with E-state index in [2.05, 4.69) is 27.6 Å². The second-order valence-electron chi connectivity index (χ2n) is 6.19. The van der Waals surface area contributed by atoms with Gasteiger partial charge in [0.25, 0.3) is 0 Å². The maximum Gasteiger partial charge on any atom is 0.416 e. The molecule has 0 saturated carbocycles. The summed E-state index contributed by atoms with van der Waals surface area (Å²) in [6.45, 7) is 0. The Bertz CT molecular complexity index is 879. The molecule has 16 heteroatoms. The molecule has 0 atom stereocenters. The number of alkyl halides is 9. The number of rotatable bonds is 0. The summed E-state index contributed by atoms with van der Waals surface area (Å²) in [7, 11) is 0. The van der Waals surface area contributed by atoms with E-state index in [0.29, 0.717) is 0 Å². The minimum Gasteiger partial charge on any atom is -0.508 e. The van der Waals surface area contributed by atoms with Gasteiger partial charge in [-0.1, -0.05) is 0 Å². The topological polar surface area (TPSA) is 69.9 Å². The van der Waals surface area contributed by atoms with Gasteiger partial charge in [-0.05, 0) is 72.8 Å². The number of hydrogen-bond acceptors (Lipinski definition) is 4. The van der Waals surface area contributed by atoms with E-state index < -0.39 is 35.2 Å². The van der Waals surface area contributed by atoms with Crippen LogP contribution in [0.25, 0.3) is 0 Å². The zero-order valence-corrected chi connectivity index (χ0v) is 22.2. The Hall–Kier alpha value is -2.34. The summed E-state index contributed by atoms with van der Waals surface area (Å²) in [5.41, 5.74) is -2.26. The standard InChI is InChI=1S/3C7H5F3O.Cl2O.W/c3*8-7(9,10)5-1-3-6(11)4-2-5;1-3-2;/h3*1-4,11H;;. The van der Waals surface area contributed by atoms with Crippen LogP contribution in [0.3, 0.4) is 0 Å². The molecule has 3 N–H and O–H groups in total. The van der Waals surface area contributed by atoms with Gasteiger partial charge >= 0.3 is 18.5 Å². The van der Waals surface area contributed by atoms with E-state index in [1.54, 1.807) is 0 Å². The molecule has 3 aromatic rings. The maximum absolute atomic E-state index is 11.8. The second-order valence-corrected chi connectivity index (χ2v) is 6.66. The first kappa shape index (κ1) is 36.8. The molecule has 0 aromatic heterocycles. The Kier molecular flexibility index (Phi) is 16.4. The molecule has 37 heavy (non-hydrogen) atoms.